The van der Waals surface area contributed by atoms with Crippen LogP contribution in [0.3, 0.4) is 0 Å². The number of amides is 2. The number of hydrogen-bond acceptors (Lipinski definition) is 4. The quantitative estimate of drug-likeness (QED) is 0.396. The Labute approximate surface area is 167 Å². The van der Waals surface area contributed by atoms with E-state index in [-0.39, 0.29) is 12.5 Å². The minimum Gasteiger partial charge on any atom is -0.368 e. The van der Waals surface area contributed by atoms with E-state index in [1.54, 1.807) is 19.2 Å². The summed E-state index contributed by atoms with van der Waals surface area (Å²) in [6.07, 6.45) is 0. The van der Waals surface area contributed by atoms with Crippen molar-refractivity contribution < 1.29 is 9.59 Å². The Morgan fingerprint density at radius 1 is 1.21 bits per heavy atom. The topological polar surface area (TPSA) is 112 Å². The van der Waals surface area contributed by atoms with Gasteiger partial charge in [0.2, 0.25) is 5.91 Å². The molecule has 1 aromatic carbocycles. The second-order valence-corrected chi connectivity index (χ2v) is 7.55. The SMILES string of the molecule is CN=C(NCc1ccc(C(=O)NCC(N)=O)cc1)NC1CN(C(C)C)CC1C. The van der Waals surface area contributed by atoms with Crippen LogP contribution in [0.25, 0.3) is 0 Å². The molecule has 2 amide bonds. The van der Waals surface area contributed by atoms with Crippen molar-refractivity contribution in [3.05, 3.63) is 35.4 Å². The number of carbonyl (C=O) groups is 2. The molecule has 0 bridgehead atoms. The van der Waals surface area contributed by atoms with Crippen LogP contribution in [0.15, 0.2) is 29.3 Å². The molecule has 1 fully saturated rings. The summed E-state index contributed by atoms with van der Waals surface area (Å²) in [5.74, 6) is 0.437. The average molecular weight is 389 g/mol. The zero-order valence-corrected chi connectivity index (χ0v) is 17.2. The van der Waals surface area contributed by atoms with Gasteiger partial charge in [-0.3, -0.25) is 19.5 Å². The van der Waals surface area contributed by atoms with Crippen molar-refractivity contribution in [2.45, 2.75) is 39.4 Å². The first-order chi connectivity index (χ1) is 13.3. The molecule has 1 saturated heterocycles. The maximum absolute atomic E-state index is 11.9. The Kier molecular flexibility index (Phi) is 7.80. The Morgan fingerprint density at radius 2 is 1.89 bits per heavy atom. The number of rotatable bonds is 7. The first-order valence-corrected chi connectivity index (χ1v) is 9.66. The maximum atomic E-state index is 11.9. The van der Waals surface area contributed by atoms with Gasteiger partial charge in [0.25, 0.3) is 5.91 Å². The van der Waals surface area contributed by atoms with E-state index in [4.69, 9.17) is 5.73 Å². The summed E-state index contributed by atoms with van der Waals surface area (Å²) in [6, 6.07) is 8.11. The van der Waals surface area contributed by atoms with Gasteiger partial charge in [0.05, 0.1) is 6.54 Å². The van der Waals surface area contributed by atoms with Crippen molar-refractivity contribution in [1.29, 1.82) is 0 Å². The Bertz CT molecular complexity index is 701. The van der Waals surface area contributed by atoms with Crippen molar-refractivity contribution >= 4 is 17.8 Å². The number of nitrogens with one attached hydrogen (secondary N) is 3. The number of benzene rings is 1. The van der Waals surface area contributed by atoms with Crippen molar-refractivity contribution in [3.63, 3.8) is 0 Å². The monoisotopic (exact) mass is 388 g/mol. The van der Waals surface area contributed by atoms with E-state index in [9.17, 15) is 9.59 Å². The van der Waals surface area contributed by atoms with Crippen LogP contribution in [-0.2, 0) is 11.3 Å². The van der Waals surface area contributed by atoms with E-state index in [2.05, 4.69) is 46.6 Å². The van der Waals surface area contributed by atoms with Gasteiger partial charge in [-0.25, -0.2) is 0 Å². The minimum atomic E-state index is -0.568. The van der Waals surface area contributed by atoms with Gasteiger partial charge in [0.1, 0.15) is 0 Å². The second-order valence-electron chi connectivity index (χ2n) is 7.55. The van der Waals surface area contributed by atoms with E-state index < -0.39 is 5.91 Å². The summed E-state index contributed by atoms with van der Waals surface area (Å²) in [4.78, 5) is 29.4. The molecule has 8 heteroatoms. The van der Waals surface area contributed by atoms with Crippen LogP contribution in [0.4, 0.5) is 0 Å². The minimum absolute atomic E-state index is 0.169. The maximum Gasteiger partial charge on any atom is 0.251 e. The molecular weight excluding hydrogens is 356 g/mol. The molecule has 2 atom stereocenters. The molecule has 0 saturated carbocycles. The average Bonchev–Trinajstić information content (AvgIpc) is 3.04. The molecule has 5 N–H and O–H groups in total. The third-order valence-electron chi connectivity index (χ3n) is 5.02. The Morgan fingerprint density at radius 3 is 2.43 bits per heavy atom. The Hall–Kier alpha value is -2.61. The number of likely N-dealkylation sites (tertiary alicyclic amines) is 1. The summed E-state index contributed by atoms with van der Waals surface area (Å²) in [5.41, 5.74) is 6.54. The number of nitrogens with zero attached hydrogens (tertiary/aromatic N) is 2. The van der Waals surface area contributed by atoms with Crippen LogP contribution in [-0.4, -0.2) is 61.4 Å². The summed E-state index contributed by atoms with van der Waals surface area (Å²) < 4.78 is 0. The van der Waals surface area contributed by atoms with Crippen LogP contribution in [0, 0.1) is 5.92 Å². The standard InChI is InChI=1S/C20H32N6O2/c1-13(2)26-11-14(3)17(12-26)25-20(22-4)24-9-15-5-7-16(8-6-15)19(28)23-10-18(21)27/h5-8,13-14,17H,9-12H2,1-4H3,(H2,21,27)(H,23,28)(H2,22,24,25). The molecule has 2 rings (SSSR count). The smallest absolute Gasteiger partial charge is 0.251 e. The van der Waals surface area contributed by atoms with Gasteiger partial charge in [-0.15, -0.1) is 0 Å². The summed E-state index contributed by atoms with van der Waals surface area (Å²) in [5, 5.41) is 9.31. The lowest BCUT2D eigenvalue weighted by Crippen LogP contribution is -2.46. The third-order valence-corrected chi connectivity index (χ3v) is 5.02. The highest BCUT2D eigenvalue weighted by Crippen LogP contribution is 2.18. The first kappa shape index (κ1) is 21.7. The molecule has 1 aromatic rings. The molecule has 1 heterocycles. The fourth-order valence-electron chi connectivity index (χ4n) is 3.21. The normalized spacial score (nSPS) is 20.2. The number of nitrogens with two attached hydrogens (primary N) is 1. The van der Waals surface area contributed by atoms with Gasteiger partial charge in [0, 0.05) is 44.3 Å². The summed E-state index contributed by atoms with van der Waals surface area (Å²) in [6.45, 7) is 9.23. The first-order valence-electron chi connectivity index (χ1n) is 9.66. The molecule has 28 heavy (non-hydrogen) atoms. The number of hydrogen-bond donors (Lipinski definition) is 4. The van der Waals surface area contributed by atoms with Gasteiger partial charge in [-0.1, -0.05) is 19.1 Å². The van der Waals surface area contributed by atoms with Crippen LogP contribution >= 0.6 is 0 Å². The molecule has 154 valence electrons. The second kappa shape index (κ2) is 10.1. The fourth-order valence-corrected chi connectivity index (χ4v) is 3.21. The van der Waals surface area contributed by atoms with Crippen LogP contribution in [0.5, 0.6) is 0 Å². The van der Waals surface area contributed by atoms with Gasteiger partial charge in [-0.2, -0.15) is 0 Å². The van der Waals surface area contributed by atoms with Crippen molar-refractivity contribution in [2.24, 2.45) is 16.6 Å². The van der Waals surface area contributed by atoms with Gasteiger partial charge < -0.3 is 21.7 Å². The van der Waals surface area contributed by atoms with E-state index in [0.29, 0.717) is 30.1 Å². The van der Waals surface area contributed by atoms with Crippen molar-refractivity contribution in [3.8, 4) is 0 Å². The van der Waals surface area contributed by atoms with E-state index >= 15 is 0 Å². The van der Waals surface area contributed by atoms with Crippen LogP contribution in [0.1, 0.15) is 36.7 Å². The van der Waals surface area contributed by atoms with Gasteiger partial charge in [0.15, 0.2) is 5.96 Å². The van der Waals surface area contributed by atoms with Gasteiger partial charge >= 0.3 is 0 Å². The Balaban J connectivity index is 1.85. The lowest BCUT2D eigenvalue weighted by Gasteiger charge is -2.22. The predicted molar refractivity (Wildman–Crippen MR) is 111 cm³/mol. The third kappa shape index (κ3) is 6.23. The summed E-state index contributed by atoms with van der Waals surface area (Å²) >= 11 is 0. The molecule has 0 radical (unpaired) electrons. The number of aliphatic imine (C=N–C) groups is 1. The van der Waals surface area contributed by atoms with E-state index in [0.717, 1.165) is 24.6 Å². The highest BCUT2D eigenvalue weighted by atomic mass is 16.2. The summed E-state index contributed by atoms with van der Waals surface area (Å²) in [7, 11) is 1.77. The van der Waals surface area contributed by atoms with Crippen molar-refractivity contribution in [2.75, 3.05) is 26.7 Å². The molecular formula is C20H32N6O2. The highest BCUT2D eigenvalue weighted by Gasteiger charge is 2.31. The van der Waals surface area contributed by atoms with Crippen LogP contribution < -0.4 is 21.7 Å². The zero-order valence-electron chi connectivity index (χ0n) is 17.2. The number of primary amides is 1. The number of guanidine groups is 1. The molecule has 1 aliphatic rings. The highest BCUT2D eigenvalue weighted by molar-refractivity contribution is 5.96. The van der Waals surface area contributed by atoms with Gasteiger partial charge in [-0.05, 0) is 37.5 Å². The fraction of sp³-hybridized carbons (Fsp3) is 0.550. The predicted octanol–water partition coefficient (Wildman–Crippen LogP) is 0.295. The largest absolute Gasteiger partial charge is 0.368 e. The lowest BCUT2D eigenvalue weighted by molar-refractivity contribution is -0.117. The molecule has 8 nitrogen and oxygen atoms in total. The van der Waals surface area contributed by atoms with E-state index in [1.807, 2.05) is 12.1 Å². The molecule has 1 aliphatic heterocycles. The lowest BCUT2D eigenvalue weighted by atomic mass is 10.1. The molecule has 0 spiro atoms. The number of carbonyl (C=O) groups excluding carboxylic acids is 2. The van der Waals surface area contributed by atoms with Crippen LogP contribution in [0.2, 0.25) is 0 Å². The zero-order chi connectivity index (χ0) is 20.7. The molecule has 0 aromatic heterocycles. The molecule has 2 unspecified atom stereocenters. The van der Waals surface area contributed by atoms with Crippen molar-refractivity contribution in [1.82, 2.24) is 20.9 Å². The molecule has 0 aliphatic carbocycles. The van der Waals surface area contributed by atoms with E-state index in [1.165, 1.54) is 0 Å².